The third-order valence-corrected chi connectivity index (χ3v) is 8.14. The predicted octanol–water partition coefficient (Wildman–Crippen LogP) is 10.8. The number of benzene rings is 1. The summed E-state index contributed by atoms with van der Waals surface area (Å²) < 4.78 is 5.86. The fourth-order valence-electron chi connectivity index (χ4n) is 5.49. The van der Waals surface area contributed by atoms with E-state index in [2.05, 4.69) is 48.5 Å². The zero-order chi connectivity index (χ0) is 30.0. The Bertz CT molecular complexity index is 780. The van der Waals surface area contributed by atoms with Gasteiger partial charge in [0.15, 0.2) is 0 Å². The molecule has 4 nitrogen and oxygen atoms in total. The van der Waals surface area contributed by atoms with Crippen LogP contribution in [0, 0.1) is 0 Å². The molecule has 1 aromatic carbocycles. The lowest BCUT2D eigenvalue weighted by atomic mass is 9.76. The van der Waals surface area contributed by atoms with Crippen LogP contribution in [0.5, 0.6) is 5.75 Å². The van der Waals surface area contributed by atoms with E-state index in [9.17, 15) is 15.0 Å². The second-order valence-electron chi connectivity index (χ2n) is 14.1. The molecule has 0 amide bonds. The van der Waals surface area contributed by atoms with Crippen molar-refractivity contribution in [1.29, 1.82) is 0 Å². The first-order valence-corrected chi connectivity index (χ1v) is 16.6. The molecular weight excluding hydrogens is 496 g/mol. The van der Waals surface area contributed by atoms with Crippen molar-refractivity contribution in [3.05, 3.63) is 28.8 Å². The molecule has 0 aliphatic rings. The van der Waals surface area contributed by atoms with E-state index in [1.807, 2.05) is 12.1 Å². The fraction of sp³-hybridized carbons (Fsp3) is 0.806. The number of hydrogen-bond donors (Lipinski definition) is 2. The molecule has 1 rings (SSSR count). The zero-order valence-corrected chi connectivity index (χ0v) is 27.4. The maximum atomic E-state index is 12.2. The standard InChI is InChI=1S/C36H64O4/c1-8-9-10-11-12-13-14-15-16-17-18-19-20-21-22-23-25-40-26-24-30(34(38)39)29-27-31(35(2,3)4)33(37)32(28-29)36(5,6)7/h27-28,30,37H,8-26H2,1-7H3,(H,38,39). The lowest BCUT2D eigenvalue weighted by molar-refractivity contribution is -0.139. The fourth-order valence-corrected chi connectivity index (χ4v) is 5.49. The predicted molar refractivity (Wildman–Crippen MR) is 171 cm³/mol. The molecule has 0 aromatic heterocycles. The van der Waals surface area contributed by atoms with Gasteiger partial charge in [-0.1, -0.05) is 157 Å². The minimum atomic E-state index is -0.837. The van der Waals surface area contributed by atoms with Gasteiger partial charge in [-0.3, -0.25) is 4.79 Å². The van der Waals surface area contributed by atoms with Crippen molar-refractivity contribution in [2.75, 3.05) is 13.2 Å². The SMILES string of the molecule is CCCCCCCCCCCCCCCCCCOCCC(C(=O)O)c1cc(C(C)(C)C)c(O)c(C(C)(C)C)c1. The summed E-state index contributed by atoms with van der Waals surface area (Å²) in [4.78, 5) is 12.2. The zero-order valence-electron chi connectivity index (χ0n) is 27.4. The van der Waals surface area contributed by atoms with Crippen molar-refractivity contribution in [1.82, 2.24) is 0 Å². The molecule has 2 N–H and O–H groups in total. The van der Waals surface area contributed by atoms with E-state index in [4.69, 9.17) is 4.74 Å². The van der Waals surface area contributed by atoms with E-state index in [0.717, 1.165) is 23.1 Å². The van der Waals surface area contributed by atoms with Crippen molar-refractivity contribution >= 4 is 5.97 Å². The van der Waals surface area contributed by atoms with Gasteiger partial charge in [0.25, 0.3) is 0 Å². The Morgan fingerprint density at radius 1 is 0.675 bits per heavy atom. The molecule has 1 aromatic rings. The van der Waals surface area contributed by atoms with Crippen LogP contribution >= 0.6 is 0 Å². The van der Waals surface area contributed by atoms with Gasteiger partial charge in [0.2, 0.25) is 0 Å². The van der Waals surface area contributed by atoms with Gasteiger partial charge in [-0.05, 0) is 40.4 Å². The maximum Gasteiger partial charge on any atom is 0.311 e. The van der Waals surface area contributed by atoms with Crippen molar-refractivity contribution in [2.24, 2.45) is 0 Å². The number of carboxylic acid groups (broad SMARTS) is 1. The molecule has 40 heavy (non-hydrogen) atoms. The van der Waals surface area contributed by atoms with Gasteiger partial charge in [0, 0.05) is 13.2 Å². The first kappa shape index (κ1) is 36.5. The van der Waals surface area contributed by atoms with E-state index < -0.39 is 11.9 Å². The quantitative estimate of drug-likeness (QED) is 0.138. The number of rotatable bonds is 22. The summed E-state index contributed by atoms with van der Waals surface area (Å²) in [5.74, 6) is -1.20. The van der Waals surface area contributed by atoms with Gasteiger partial charge in [0.05, 0.1) is 5.92 Å². The molecule has 4 heteroatoms. The Kier molecular flexibility index (Phi) is 17.8. The van der Waals surface area contributed by atoms with Crippen LogP contribution in [0.1, 0.15) is 180 Å². The van der Waals surface area contributed by atoms with Crippen molar-refractivity contribution in [3.8, 4) is 5.75 Å². The molecule has 0 fully saturated rings. The molecule has 0 saturated carbocycles. The number of carbonyl (C=O) groups is 1. The van der Waals surface area contributed by atoms with Crippen LogP contribution in [0.15, 0.2) is 12.1 Å². The van der Waals surface area contributed by atoms with E-state index in [1.165, 1.54) is 96.3 Å². The van der Waals surface area contributed by atoms with Crippen molar-refractivity contribution < 1.29 is 19.7 Å². The first-order chi connectivity index (χ1) is 18.9. The van der Waals surface area contributed by atoms with Gasteiger partial charge < -0.3 is 14.9 Å². The summed E-state index contributed by atoms with van der Waals surface area (Å²) >= 11 is 0. The lowest BCUT2D eigenvalue weighted by Gasteiger charge is -2.29. The first-order valence-electron chi connectivity index (χ1n) is 16.6. The largest absolute Gasteiger partial charge is 0.507 e. The average Bonchev–Trinajstić information content (AvgIpc) is 2.86. The number of hydrogen-bond acceptors (Lipinski definition) is 3. The molecule has 0 spiro atoms. The molecule has 232 valence electrons. The number of aromatic hydroxyl groups is 1. The second-order valence-corrected chi connectivity index (χ2v) is 14.1. The number of phenols is 1. The lowest BCUT2D eigenvalue weighted by Crippen LogP contribution is -2.21. The Morgan fingerprint density at radius 3 is 1.40 bits per heavy atom. The summed E-state index contributed by atoms with van der Waals surface area (Å²) in [6, 6.07) is 3.78. The highest BCUT2D eigenvalue weighted by atomic mass is 16.5. The van der Waals surface area contributed by atoms with Crippen LogP contribution in [-0.2, 0) is 20.4 Å². The van der Waals surface area contributed by atoms with E-state index in [0.29, 0.717) is 19.6 Å². The van der Waals surface area contributed by atoms with Crippen LogP contribution in [0.3, 0.4) is 0 Å². The average molecular weight is 561 g/mol. The highest BCUT2D eigenvalue weighted by Gasteiger charge is 2.30. The summed E-state index contributed by atoms with van der Waals surface area (Å²) in [7, 11) is 0. The van der Waals surface area contributed by atoms with Crippen LogP contribution in [0.2, 0.25) is 0 Å². The van der Waals surface area contributed by atoms with Gasteiger partial charge in [-0.2, -0.15) is 0 Å². The van der Waals surface area contributed by atoms with Crippen molar-refractivity contribution in [3.63, 3.8) is 0 Å². The third-order valence-electron chi connectivity index (χ3n) is 8.14. The summed E-state index contributed by atoms with van der Waals surface area (Å²) in [5.41, 5.74) is 1.79. The second kappa shape index (κ2) is 19.5. The highest BCUT2D eigenvalue weighted by molar-refractivity contribution is 5.76. The number of ether oxygens (including phenoxy) is 1. The Hall–Kier alpha value is -1.55. The van der Waals surface area contributed by atoms with Gasteiger partial charge in [-0.25, -0.2) is 0 Å². The van der Waals surface area contributed by atoms with Crippen molar-refractivity contribution in [2.45, 2.75) is 174 Å². The molecule has 0 radical (unpaired) electrons. The van der Waals surface area contributed by atoms with Gasteiger partial charge >= 0.3 is 5.97 Å². The van der Waals surface area contributed by atoms with Crippen LogP contribution < -0.4 is 0 Å². The summed E-state index contributed by atoms with van der Waals surface area (Å²) in [6.45, 7) is 15.7. The molecule has 0 saturated heterocycles. The summed E-state index contributed by atoms with van der Waals surface area (Å²) in [5, 5.41) is 21.0. The van der Waals surface area contributed by atoms with E-state index in [-0.39, 0.29) is 16.6 Å². The van der Waals surface area contributed by atoms with Gasteiger partial charge in [0.1, 0.15) is 5.75 Å². The van der Waals surface area contributed by atoms with Crippen LogP contribution in [0.25, 0.3) is 0 Å². The molecule has 0 heterocycles. The Balaban J connectivity index is 2.27. The maximum absolute atomic E-state index is 12.2. The molecular formula is C36H64O4. The smallest absolute Gasteiger partial charge is 0.311 e. The Labute approximate surface area is 247 Å². The third kappa shape index (κ3) is 14.9. The minimum Gasteiger partial charge on any atom is -0.507 e. The molecule has 1 unspecified atom stereocenters. The summed E-state index contributed by atoms with van der Waals surface area (Å²) in [6.07, 6.45) is 22.0. The topological polar surface area (TPSA) is 66.8 Å². The molecule has 1 atom stereocenters. The number of carboxylic acids is 1. The van der Waals surface area contributed by atoms with E-state index >= 15 is 0 Å². The van der Waals surface area contributed by atoms with Crippen LogP contribution in [-0.4, -0.2) is 29.4 Å². The number of phenolic OH excluding ortho intramolecular Hbond substituents is 1. The van der Waals surface area contributed by atoms with Gasteiger partial charge in [-0.15, -0.1) is 0 Å². The number of unbranched alkanes of at least 4 members (excludes halogenated alkanes) is 15. The minimum absolute atomic E-state index is 0.285. The number of aliphatic carboxylic acids is 1. The molecule has 0 bridgehead atoms. The van der Waals surface area contributed by atoms with Crippen LogP contribution in [0.4, 0.5) is 0 Å². The monoisotopic (exact) mass is 560 g/mol. The normalized spacial score (nSPS) is 13.1. The highest BCUT2D eigenvalue weighted by Crippen LogP contribution is 2.41. The molecule has 0 aliphatic carbocycles. The Morgan fingerprint density at radius 2 is 1.05 bits per heavy atom. The molecule has 0 aliphatic heterocycles. The van der Waals surface area contributed by atoms with E-state index in [1.54, 1.807) is 0 Å².